The van der Waals surface area contributed by atoms with E-state index in [-0.39, 0.29) is 5.75 Å². The molecule has 0 radical (unpaired) electrons. The Morgan fingerprint density at radius 2 is 2.04 bits per heavy atom. The lowest BCUT2D eigenvalue weighted by atomic mass is 10.0. The lowest BCUT2D eigenvalue weighted by Crippen LogP contribution is -2.29. The standard InChI is InChI=1S/C18H19N3O3S/c1-10-17(13-9-12(22)5-7-14(13)19-10)11-4-6-15(16(8-11)25-3)20-21-18(23)24-2/h4-9,19-20,22H,1-3H3,(H,21,23). The van der Waals surface area contributed by atoms with Crippen LogP contribution in [-0.2, 0) is 4.74 Å². The van der Waals surface area contributed by atoms with E-state index in [9.17, 15) is 9.90 Å². The number of rotatable bonds is 4. The number of benzene rings is 2. The molecule has 0 saturated carbocycles. The fourth-order valence-corrected chi connectivity index (χ4v) is 3.39. The SMILES string of the molecule is COC(=O)NNc1ccc(-c2c(C)[nH]c3ccc(O)cc23)cc1SC. The average Bonchev–Trinajstić information content (AvgIpc) is 2.94. The number of phenols is 1. The van der Waals surface area contributed by atoms with Gasteiger partial charge in [0, 0.05) is 27.1 Å². The third kappa shape index (κ3) is 3.36. The molecule has 0 aliphatic rings. The minimum absolute atomic E-state index is 0.235. The molecule has 0 aliphatic heterocycles. The minimum atomic E-state index is -0.556. The van der Waals surface area contributed by atoms with Crippen LogP contribution in [0.4, 0.5) is 10.5 Å². The molecule has 0 atom stereocenters. The summed E-state index contributed by atoms with van der Waals surface area (Å²) in [5.41, 5.74) is 10.2. The van der Waals surface area contributed by atoms with Crippen LogP contribution in [0.2, 0.25) is 0 Å². The van der Waals surface area contributed by atoms with Gasteiger partial charge < -0.3 is 14.8 Å². The van der Waals surface area contributed by atoms with Crippen molar-refractivity contribution < 1.29 is 14.6 Å². The molecule has 6 nitrogen and oxygen atoms in total. The molecule has 0 fully saturated rings. The van der Waals surface area contributed by atoms with Gasteiger partial charge in [-0.15, -0.1) is 11.8 Å². The summed E-state index contributed by atoms with van der Waals surface area (Å²) in [6.07, 6.45) is 1.41. The van der Waals surface area contributed by atoms with Gasteiger partial charge in [-0.25, -0.2) is 10.2 Å². The topological polar surface area (TPSA) is 86.4 Å². The van der Waals surface area contributed by atoms with Crippen LogP contribution in [0.3, 0.4) is 0 Å². The molecule has 25 heavy (non-hydrogen) atoms. The first-order valence-electron chi connectivity index (χ1n) is 7.63. The van der Waals surface area contributed by atoms with E-state index in [1.807, 2.05) is 37.4 Å². The van der Waals surface area contributed by atoms with Crippen LogP contribution in [0.5, 0.6) is 5.75 Å². The Labute approximate surface area is 149 Å². The maximum absolute atomic E-state index is 11.2. The number of anilines is 1. The first-order chi connectivity index (χ1) is 12.0. The number of aryl methyl sites for hydroxylation is 1. The number of ether oxygens (including phenoxy) is 1. The van der Waals surface area contributed by atoms with Crippen molar-refractivity contribution in [2.24, 2.45) is 0 Å². The van der Waals surface area contributed by atoms with E-state index in [1.165, 1.54) is 7.11 Å². The van der Waals surface area contributed by atoms with Crippen molar-refractivity contribution >= 4 is 34.4 Å². The van der Waals surface area contributed by atoms with Gasteiger partial charge in [-0.05, 0) is 49.1 Å². The van der Waals surface area contributed by atoms with Gasteiger partial charge in [0.05, 0.1) is 12.8 Å². The Bertz CT molecular complexity index is 937. The Hall–Kier alpha value is -2.80. The predicted octanol–water partition coefficient (Wildman–Crippen LogP) is 4.25. The molecule has 1 amide bonds. The number of aromatic amines is 1. The number of aromatic hydroxyl groups is 1. The van der Waals surface area contributed by atoms with Gasteiger partial charge in [0.1, 0.15) is 5.75 Å². The number of hydrogen-bond donors (Lipinski definition) is 4. The highest BCUT2D eigenvalue weighted by atomic mass is 32.2. The predicted molar refractivity (Wildman–Crippen MR) is 101 cm³/mol. The molecular weight excluding hydrogens is 338 g/mol. The zero-order valence-corrected chi connectivity index (χ0v) is 15.0. The lowest BCUT2D eigenvalue weighted by Gasteiger charge is -2.13. The molecule has 0 aliphatic carbocycles. The fraction of sp³-hybridized carbons (Fsp3) is 0.167. The highest BCUT2D eigenvalue weighted by Gasteiger charge is 2.13. The number of methoxy groups -OCH3 is 1. The molecule has 130 valence electrons. The normalized spacial score (nSPS) is 10.7. The van der Waals surface area contributed by atoms with E-state index in [0.717, 1.165) is 38.3 Å². The largest absolute Gasteiger partial charge is 0.508 e. The van der Waals surface area contributed by atoms with E-state index in [4.69, 9.17) is 0 Å². The summed E-state index contributed by atoms with van der Waals surface area (Å²) in [6.45, 7) is 2.01. The number of hydrogen-bond acceptors (Lipinski definition) is 5. The zero-order valence-electron chi connectivity index (χ0n) is 14.1. The maximum atomic E-state index is 11.2. The van der Waals surface area contributed by atoms with Crippen molar-refractivity contribution in [2.45, 2.75) is 11.8 Å². The number of amides is 1. The van der Waals surface area contributed by atoms with Crippen molar-refractivity contribution in [1.82, 2.24) is 10.4 Å². The van der Waals surface area contributed by atoms with Gasteiger partial charge in [0.15, 0.2) is 0 Å². The Morgan fingerprint density at radius 3 is 2.76 bits per heavy atom. The van der Waals surface area contributed by atoms with Crippen LogP contribution in [0, 0.1) is 6.92 Å². The second-order valence-corrected chi connectivity index (χ2v) is 6.36. The summed E-state index contributed by atoms with van der Waals surface area (Å²) >= 11 is 1.57. The Morgan fingerprint density at radius 1 is 1.24 bits per heavy atom. The molecule has 2 aromatic carbocycles. The second kappa shape index (κ2) is 6.98. The molecule has 0 saturated heterocycles. The molecule has 3 aromatic rings. The summed E-state index contributed by atoms with van der Waals surface area (Å²) in [4.78, 5) is 15.6. The van der Waals surface area contributed by atoms with E-state index in [0.29, 0.717) is 0 Å². The Balaban J connectivity index is 2.02. The van der Waals surface area contributed by atoms with Gasteiger partial charge in [-0.1, -0.05) is 6.07 Å². The molecule has 4 N–H and O–H groups in total. The number of hydrazine groups is 1. The molecule has 0 bridgehead atoms. The van der Waals surface area contributed by atoms with Gasteiger partial charge in [0.2, 0.25) is 0 Å². The monoisotopic (exact) mass is 357 g/mol. The third-order valence-electron chi connectivity index (χ3n) is 3.94. The highest BCUT2D eigenvalue weighted by molar-refractivity contribution is 7.98. The molecule has 1 aromatic heterocycles. The number of carbonyl (C=O) groups is 1. The molecule has 7 heteroatoms. The maximum Gasteiger partial charge on any atom is 0.425 e. The second-order valence-electron chi connectivity index (χ2n) is 5.51. The molecule has 0 spiro atoms. The van der Waals surface area contributed by atoms with Crippen molar-refractivity contribution in [2.75, 3.05) is 18.8 Å². The highest BCUT2D eigenvalue weighted by Crippen LogP contribution is 2.37. The van der Waals surface area contributed by atoms with E-state index >= 15 is 0 Å². The zero-order chi connectivity index (χ0) is 18.0. The summed E-state index contributed by atoms with van der Waals surface area (Å²) < 4.78 is 4.56. The van der Waals surface area contributed by atoms with Crippen LogP contribution < -0.4 is 10.9 Å². The summed E-state index contributed by atoms with van der Waals surface area (Å²) in [6, 6.07) is 11.2. The number of fused-ring (bicyclic) bond motifs is 1. The van der Waals surface area contributed by atoms with Crippen LogP contribution in [0.15, 0.2) is 41.3 Å². The van der Waals surface area contributed by atoms with Crippen LogP contribution >= 0.6 is 11.8 Å². The van der Waals surface area contributed by atoms with Gasteiger partial charge in [0.25, 0.3) is 0 Å². The molecular formula is C18H19N3O3S. The molecule has 1 heterocycles. The van der Waals surface area contributed by atoms with Crippen molar-refractivity contribution in [3.8, 4) is 16.9 Å². The minimum Gasteiger partial charge on any atom is -0.508 e. The number of carbonyl (C=O) groups excluding carboxylic acids is 1. The van der Waals surface area contributed by atoms with Gasteiger partial charge >= 0.3 is 6.09 Å². The number of nitrogens with one attached hydrogen (secondary N) is 3. The quantitative estimate of drug-likeness (QED) is 0.414. The average molecular weight is 357 g/mol. The number of thioether (sulfide) groups is 1. The lowest BCUT2D eigenvalue weighted by molar-refractivity contribution is 0.173. The first-order valence-corrected chi connectivity index (χ1v) is 8.85. The van der Waals surface area contributed by atoms with Crippen LogP contribution in [0.25, 0.3) is 22.0 Å². The van der Waals surface area contributed by atoms with Crippen molar-refractivity contribution in [3.63, 3.8) is 0 Å². The van der Waals surface area contributed by atoms with E-state index < -0.39 is 6.09 Å². The van der Waals surface area contributed by atoms with E-state index in [1.54, 1.807) is 23.9 Å². The van der Waals surface area contributed by atoms with Crippen molar-refractivity contribution in [1.29, 1.82) is 0 Å². The third-order valence-corrected chi connectivity index (χ3v) is 4.72. The Kier molecular flexibility index (Phi) is 4.76. The molecule has 3 rings (SSSR count). The summed E-state index contributed by atoms with van der Waals surface area (Å²) in [7, 11) is 1.31. The fourth-order valence-electron chi connectivity index (χ4n) is 2.81. The van der Waals surface area contributed by atoms with Gasteiger partial charge in [-0.2, -0.15) is 0 Å². The van der Waals surface area contributed by atoms with Crippen molar-refractivity contribution in [3.05, 3.63) is 42.1 Å². The number of phenolic OH excluding ortho intramolecular Hbond substituents is 1. The summed E-state index contributed by atoms with van der Waals surface area (Å²) in [5.74, 6) is 0.235. The number of H-pyrrole nitrogens is 1. The van der Waals surface area contributed by atoms with Crippen LogP contribution in [0.1, 0.15) is 5.69 Å². The van der Waals surface area contributed by atoms with Gasteiger partial charge in [-0.3, -0.25) is 5.43 Å². The summed E-state index contributed by atoms with van der Waals surface area (Å²) in [5, 5.41) is 10.8. The number of aromatic nitrogens is 1. The molecule has 0 unspecified atom stereocenters. The van der Waals surface area contributed by atoms with E-state index in [2.05, 4.69) is 20.6 Å². The smallest absolute Gasteiger partial charge is 0.425 e. The first kappa shape index (κ1) is 17.0. The van der Waals surface area contributed by atoms with Crippen LogP contribution in [-0.4, -0.2) is 29.5 Å².